The van der Waals surface area contributed by atoms with Crippen LogP contribution in [0.4, 0.5) is 5.69 Å². The fourth-order valence-electron chi connectivity index (χ4n) is 1.45. The van der Waals surface area contributed by atoms with Gasteiger partial charge in [-0.2, -0.15) is 0 Å². The number of hydrogen-bond acceptors (Lipinski definition) is 2. The maximum Gasteiger partial charge on any atom is 0.119 e. The highest BCUT2D eigenvalue weighted by molar-refractivity contribution is 5.76. The van der Waals surface area contributed by atoms with Crippen LogP contribution >= 0.6 is 0 Å². The lowest BCUT2D eigenvalue weighted by Gasteiger charge is -1.98. The van der Waals surface area contributed by atoms with Crippen molar-refractivity contribution >= 4 is 11.9 Å². The lowest BCUT2D eigenvalue weighted by atomic mass is 10.1. The fraction of sp³-hybridized carbons (Fsp3) is 0.312. The molecular formula is C16H19NO. The molecule has 2 heteroatoms. The molecule has 0 aliphatic heterocycles. The van der Waals surface area contributed by atoms with E-state index < -0.39 is 0 Å². The molecule has 0 fully saturated rings. The van der Waals surface area contributed by atoms with Crippen molar-refractivity contribution in [3.8, 4) is 18.1 Å². The molecule has 0 amide bonds. The van der Waals surface area contributed by atoms with Crippen molar-refractivity contribution in [1.82, 2.24) is 0 Å². The van der Waals surface area contributed by atoms with E-state index in [2.05, 4.69) is 17.8 Å². The van der Waals surface area contributed by atoms with Gasteiger partial charge in [0.2, 0.25) is 0 Å². The van der Waals surface area contributed by atoms with Crippen LogP contribution in [-0.2, 0) is 0 Å². The van der Waals surface area contributed by atoms with Crippen LogP contribution in [0.25, 0.3) is 0 Å². The van der Waals surface area contributed by atoms with Gasteiger partial charge in [-0.25, -0.2) is 0 Å². The van der Waals surface area contributed by atoms with E-state index in [-0.39, 0.29) is 0 Å². The number of aliphatic imine (C=N–C) groups is 1. The molecule has 0 unspecified atom stereocenters. The zero-order valence-corrected chi connectivity index (χ0v) is 11.0. The van der Waals surface area contributed by atoms with Gasteiger partial charge in [0.05, 0.1) is 12.8 Å². The first-order valence-electron chi connectivity index (χ1n) is 6.14. The van der Waals surface area contributed by atoms with Crippen LogP contribution in [0.3, 0.4) is 0 Å². The Bertz CT molecular complexity index is 449. The molecule has 1 rings (SSSR count). The maximum absolute atomic E-state index is 5.43. The summed E-state index contributed by atoms with van der Waals surface area (Å²) in [5.74, 6) is 3.52. The molecule has 0 atom stereocenters. The molecule has 0 aromatic heterocycles. The highest BCUT2D eigenvalue weighted by atomic mass is 16.5. The van der Waals surface area contributed by atoms with Crippen LogP contribution < -0.4 is 4.74 Å². The summed E-state index contributed by atoms with van der Waals surface area (Å²) in [5, 5.41) is 0. The minimum Gasteiger partial charge on any atom is -0.497 e. The van der Waals surface area contributed by atoms with E-state index in [1.54, 1.807) is 13.3 Å². The summed E-state index contributed by atoms with van der Waals surface area (Å²) in [6.45, 7) is 2.15. The molecule has 0 aliphatic rings. The van der Waals surface area contributed by atoms with Crippen LogP contribution in [-0.4, -0.2) is 13.3 Å². The highest BCUT2D eigenvalue weighted by Gasteiger charge is 1.92. The summed E-state index contributed by atoms with van der Waals surface area (Å²) in [4.78, 5) is 4.32. The van der Waals surface area contributed by atoms with Gasteiger partial charge in [-0.3, -0.25) is 4.99 Å². The molecule has 0 N–H and O–H groups in total. The Morgan fingerprint density at radius 1 is 1.39 bits per heavy atom. The van der Waals surface area contributed by atoms with Gasteiger partial charge in [0.1, 0.15) is 5.75 Å². The third kappa shape index (κ3) is 4.88. The highest BCUT2D eigenvalue weighted by Crippen LogP contribution is 2.17. The molecule has 0 saturated heterocycles. The first kappa shape index (κ1) is 14.1. The van der Waals surface area contributed by atoms with Crippen molar-refractivity contribution in [2.45, 2.75) is 26.2 Å². The number of terminal acetylenes is 1. The maximum atomic E-state index is 5.43. The van der Waals surface area contributed by atoms with Gasteiger partial charge in [-0.15, -0.1) is 6.42 Å². The SMILES string of the molecule is C#C/C(=C/C=Nc1ccc(OC)cc1)CCCC. The van der Waals surface area contributed by atoms with Crippen LogP contribution in [0.1, 0.15) is 26.2 Å². The average molecular weight is 241 g/mol. The van der Waals surface area contributed by atoms with Crippen LogP contribution in [0.15, 0.2) is 40.9 Å². The van der Waals surface area contributed by atoms with E-state index >= 15 is 0 Å². The molecular weight excluding hydrogens is 222 g/mol. The number of unbranched alkanes of at least 4 members (excludes halogenated alkanes) is 1. The number of methoxy groups -OCH3 is 1. The quantitative estimate of drug-likeness (QED) is 0.541. The second-order valence-electron chi connectivity index (χ2n) is 3.92. The summed E-state index contributed by atoms with van der Waals surface area (Å²) < 4.78 is 5.08. The Hall–Kier alpha value is -2.01. The molecule has 2 nitrogen and oxygen atoms in total. The summed E-state index contributed by atoms with van der Waals surface area (Å²) in [6.07, 6.45) is 12.3. The molecule has 1 aromatic rings. The summed E-state index contributed by atoms with van der Waals surface area (Å²) in [5.41, 5.74) is 1.88. The molecule has 1 aromatic carbocycles. The fourth-order valence-corrected chi connectivity index (χ4v) is 1.45. The first-order chi connectivity index (χ1) is 8.80. The second kappa shape index (κ2) is 8.14. The number of rotatable bonds is 6. The predicted octanol–water partition coefficient (Wildman–Crippen LogP) is 4.15. The van der Waals surface area contributed by atoms with Crippen molar-refractivity contribution in [2.75, 3.05) is 7.11 Å². The van der Waals surface area contributed by atoms with E-state index in [1.165, 1.54) is 0 Å². The van der Waals surface area contributed by atoms with E-state index in [1.807, 2.05) is 30.3 Å². The third-order valence-electron chi connectivity index (χ3n) is 2.56. The van der Waals surface area contributed by atoms with Gasteiger partial charge in [0, 0.05) is 11.8 Å². The van der Waals surface area contributed by atoms with Crippen molar-refractivity contribution in [3.05, 3.63) is 35.9 Å². The number of hydrogen-bond donors (Lipinski definition) is 0. The van der Waals surface area contributed by atoms with Gasteiger partial charge < -0.3 is 4.74 Å². The van der Waals surface area contributed by atoms with E-state index in [0.29, 0.717) is 0 Å². The second-order valence-corrected chi connectivity index (χ2v) is 3.92. The summed E-state index contributed by atoms with van der Waals surface area (Å²) in [6, 6.07) is 7.58. The molecule has 0 saturated carbocycles. The molecule has 0 aliphatic carbocycles. The van der Waals surface area contributed by atoms with Crippen molar-refractivity contribution < 1.29 is 4.74 Å². The molecule has 0 spiro atoms. The summed E-state index contributed by atoms with van der Waals surface area (Å²) >= 11 is 0. The van der Waals surface area contributed by atoms with Crippen LogP contribution in [0.5, 0.6) is 5.75 Å². The third-order valence-corrected chi connectivity index (χ3v) is 2.56. The van der Waals surface area contributed by atoms with Gasteiger partial charge in [0.25, 0.3) is 0 Å². The Morgan fingerprint density at radius 2 is 2.11 bits per heavy atom. The Kier molecular flexibility index (Phi) is 6.35. The minimum absolute atomic E-state index is 0.830. The topological polar surface area (TPSA) is 21.6 Å². The van der Waals surface area contributed by atoms with Crippen LogP contribution in [0, 0.1) is 12.3 Å². The largest absolute Gasteiger partial charge is 0.497 e. The average Bonchev–Trinajstić information content (AvgIpc) is 2.43. The normalized spacial score (nSPS) is 11.5. The smallest absolute Gasteiger partial charge is 0.119 e. The standard InChI is InChI=1S/C16H19NO/c1-4-6-7-14(5-2)12-13-17-15-8-10-16(18-3)11-9-15/h2,8-13H,4,6-7H2,1,3H3/b14-12-,17-13?. The molecule has 0 heterocycles. The first-order valence-corrected chi connectivity index (χ1v) is 6.14. The van der Waals surface area contributed by atoms with Crippen molar-refractivity contribution in [2.24, 2.45) is 4.99 Å². The molecule has 94 valence electrons. The van der Waals surface area contributed by atoms with Gasteiger partial charge in [-0.1, -0.05) is 19.3 Å². The van der Waals surface area contributed by atoms with Gasteiger partial charge in [-0.05, 0) is 43.2 Å². The lowest BCUT2D eigenvalue weighted by Crippen LogP contribution is -1.81. The predicted molar refractivity (Wildman–Crippen MR) is 77.6 cm³/mol. The van der Waals surface area contributed by atoms with Crippen molar-refractivity contribution in [3.63, 3.8) is 0 Å². The van der Waals surface area contributed by atoms with Gasteiger partial charge >= 0.3 is 0 Å². The van der Waals surface area contributed by atoms with E-state index in [0.717, 1.165) is 36.3 Å². The Morgan fingerprint density at radius 3 is 2.67 bits per heavy atom. The zero-order chi connectivity index (χ0) is 13.2. The van der Waals surface area contributed by atoms with E-state index in [4.69, 9.17) is 11.2 Å². The van der Waals surface area contributed by atoms with Crippen molar-refractivity contribution in [1.29, 1.82) is 0 Å². The molecule has 18 heavy (non-hydrogen) atoms. The minimum atomic E-state index is 0.830. The molecule has 0 bridgehead atoms. The molecule has 0 radical (unpaired) electrons. The zero-order valence-electron chi connectivity index (χ0n) is 11.0. The van der Waals surface area contributed by atoms with E-state index in [9.17, 15) is 0 Å². The monoisotopic (exact) mass is 241 g/mol. The number of allylic oxidation sites excluding steroid dienone is 2. The van der Waals surface area contributed by atoms with Crippen LogP contribution in [0.2, 0.25) is 0 Å². The summed E-state index contributed by atoms with van der Waals surface area (Å²) in [7, 11) is 1.65. The van der Waals surface area contributed by atoms with Gasteiger partial charge in [0.15, 0.2) is 0 Å². The number of ether oxygens (including phenoxy) is 1. The lowest BCUT2D eigenvalue weighted by molar-refractivity contribution is 0.415. The number of benzene rings is 1. The Balaban J connectivity index is 2.62. The number of nitrogens with zero attached hydrogens (tertiary/aromatic N) is 1. The Labute approximate surface area is 109 Å².